The number of likely N-dealkylation sites (N-methyl/N-ethyl adjacent to an activating group) is 1. The van der Waals surface area contributed by atoms with E-state index in [0.29, 0.717) is 22.2 Å². The Kier molecular flexibility index (Phi) is 10.3. The lowest BCUT2D eigenvalue weighted by molar-refractivity contribution is -0.139. The first-order chi connectivity index (χ1) is 17.9. The number of hydrogen-bond acceptors (Lipinski definition) is 4. The second-order valence-electron chi connectivity index (χ2n) is 8.24. The first kappa shape index (κ1) is 30.1. The van der Waals surface area contributed by atoms with Crippen molar-refractivity contribution in [3.63, 3.8) is 0 Å². The van der Waals surface area contributed by atoms with Crippen molar-refractivity contribution in [2.24, 2.45) is 0 Å². The lowest BCUT2D eigenvalue weighted by Gasteiger charge is -2.32. The molecule has 0 saturated carbocycles. The van der Waals surface area contributed by atoms with Crippen LogP contribution in [0.5, 0.6) is 0 Å². The van der Waals surface area contributed by atoms with Gasteiger partial charge < -0.3 is 10.2 Å². The number of anilines is 1. The third-order valence-corrected chi connectivity index (χ3v) is 8.59. The van der Waals surface area contributed by atoms with Crippen molar-refractivity contribution in [1.82, 2.24) is 10.2 Å². The Morgan fingerprint density at radius 2 is 1.47 bits per heavy atom. The van der Waals surface area contributed by atoms with Gasteiger partial charge in [0.2, 0.25) is 11.8 Å². The van der Waals surface area contributed by atoms with Gasteiger partial charge in [-0.3, -0.25) is 13.9 Å². The van der Waals surface area contributed by atoms with Crippen LogP contribution in [-0.2, 0) is 26.2 Å². The molecule has 3 rings (SSSR count). The maximum absolute atomic E-state index is 13.8. The number of nitrogens with one attached hydrogen (secondary N) is 1. The minimum Gasteiger partial charge on any atom is -0.355 e. The maximum atomic E-state index is 13.8. The van der Waals surface area contributed by atoms with Crippen molar-refractivity contribution >= 4 is 73.9 Å². The Balaban J connectivity index is 2.09. The van der Waals surface area contributed by atoms with Crippen molar-refractivity contribution in [2.75, 3.05) is 17.4 Å². The van der Waals surface area contributed by atoms with E-state index in [1.54, 1.807) is 50.2 Å². The van der Waals surface area contributed by atoms with E-state index in [1.165, 1.54) is 35.2 Å². The predicted molar refractivity (Wildman–Crippen MR) is 153 cm³/mol. The molecule has 3 aromatic rings. The minimum absolute atomic E-state index is 0.0404. The molecule has 0 bridgehead atoms. The number of sulfonamides is 1. The number of halogens is 4. The number of nitrogens with zero attached hydrogens (tertiary/aromatic N) is 2. The molecule has 0 unspecified atom stereocenters. The molecule has 0 aliphatic carbocycles. The zero-order chi connectivity index (χ0) is 28.0. The van der Waals surface area contributed by atoms with Crippen LogP contribution in [0.25, 0.3) is 0 Å². The SMILES string of the molecule is CCNC(=O)[C@H](C)N(Cc1c(Cl)cccc1Cl)C(=O)CN(c1cc(Cl)cc(Cl)c1)S(=O)(=O)c1ccccc1. The molecule has 0 aliphatic heterocycles. The minimum atomic E-state index is -4.25. The van der Waals surface area contributed by atoms with Gasteiger partial charge in [-0.25, -0.2) is 8.42 Å². The molecular weight excluding hydrogens is 592 g/mol. The van der Waals surface area contributed by atoms with Crippen LogP contribution in [0, 0.1) is 0 Å². The number of rotatable bonds is 10. The molecule has 0 radical (unpaired) electrons. The highest BCUT2D eigenvalue weighted by molar-refractivity contribution is 7.92. The summed E-state index contributed by atoms with van der Waals surface area (Å²) in [6.07, 6.45) is 0. The maximum Gasteiger partial charge on any atom is 0.264 e. The molecule has 7 nitrogen and oxygen atoms in total. The van der Waals surface area contributed by atoms with Gasteiger partial charge in [0.05, 0.1) is 10.6 Å². The largest absolute Gasteiger partial charge is 0.355 e. The Morgan fingerprint density at radius 3 is 2.03 bits per heavy atom. The van der Waals surface area contributed by atoms with Crippen LogP contribution in [0.15, 0.2) is 71.6 Å². The lowest BCUT2D eigenvalue weighted by atomic mass is 10.1. The van der Waals surface area contributed by atoms with E-state index in [2.05, 4.69) is 5.32 Å². The quantitative estimate of drug-likeness (QED) is 0.300. The molecule has 2 amide bonds. The summed E-state index contributed by atoms with van der Waals surface area (Å²) in [5, 5.41) is 3.65. The van der Waals surface area contributed by atoms with E-state index in [1.807, 2.05) is 0 Å². The standard InChI is InChI=1S/C26H25Cl4N3O4S/c1-3-31-26(35)17(2)32(15-22-23(29)10-7-11-24(22)30)25(34)16-33(20-13-18(27)12-19(28)14-20)38(36,37)21-8-5-4-6-9-21/h4-14,17H,3,15-16H2,1-2H3,(H,31,35)/t17-/m0/s1. The molecule has 0 aromatic heterocycles. The summed E-state index contributed by atoms with van der Waals surface area (Å²) in [7, 11) is -4.25. The van der Waals surface area contributed by atoms with Gasteiger partial charge >= 0.3 is 0 Å². The molecule has 0 heterocycles. The smallest absolute Gasteiger partial charge is 0.264 e. The van der Waals surface area contributed by atoms with E-state index in [0.717, 1.165) is 4.31 Å². The van der Waals surface area contributed by atoms with Crippen molar-refractivity contribution < 1.29 is 18.0 Å². The second-order valence-corrected chi connectivity index (χ2v) is 11.8. The fourth-order valence-electron chi connectivity index (χ4n) is 3.69. The van der Waals surface area contributed by atoms with Crippen molar-refractivity contribution in [3.8, 4) is 0 Å². The average molecular weight is 617 g/mol. The highest BCUT2D eigenvalue weighted by Crippen LogP contribution is 2.31. The van der Waals surface area contributed by atoms with Crippen LogP contribution < -0.4 is 9.62 Å². The number of amides is 2. The van der Waals surface area contributed by atoms with Gasteiger partial charge in [0.25, 0.3) is 10.0 Å². The highest BCUT2D eigenvalue weighted by atomic mass is 35.5. The van der Waals surface area contributed by atoms with E-state index in [-0.39, 0.29) is 27.2 Å². The Morgan fingerprint density at radius 1 is 0.895 bits per heavy atom. The number of benzene rings is 3. The fourth-order valence-corrected chi connectivity index (χ4v) is 6.14. The topological polar surface area (TPSA) is 86.8 Å². The molecule has 1 atom stereocenters. The molecule has 12 heteroatoms. The molecular formula is C26H25Cl4N3O4S. The monoisotopic (exact) mass is 615 g/mol. The normalized spacial score (nSPS) is 12.1. The predicted octanol–water partition coefficient (Wildman–Crippen LogP) is 6.05. The van der Waals surface area contributed by atoms with Crippen molar-refractivity contribution in [1.29, 1.82) is 0 Å². The van der Waals surface area contributed by atoms with Crippen molar-refractivity contribution in [3.05, 3.63) is 92.4 Å². The summed E-state index contributed by atoms with van der Waals surface area (Å²) in [6.45, 7) is 2.84. The summed E-state index contributed by atoms with van der Waals surface area (Å²) in [5.74, 6) is -1.09. The highest BCUT2D eigenvalue weighted by Gasteiger charge is 2.33. The summed E-state index contributed by atoms with van der Waals surface area (Å²) in [6, 6.07) is 15.8. The zero-order valence-corrected chi connectivity index (χ0v) is 24.3. The molecule has 0 saturated heterocycles. The van der Waals surface area contributed by atoms with Crippen LogP contribution in [0.4, 0.5) is 5.69 Å². The zero-order valence-electron chi connectivity index (χ0n) is 20.5. The molecule has 1 N–H and O–H groups in total. The number of carbonyl (C=O) groups is 2. The van der Waals surface area contributed by atoms with E-state index in [9.17, 15) is 18.0 Å². The molecule has 0 fully saturated rings. The van der Waals surface area contributed by atoms with Gasteiger partial charge in [-0.1, -0.05) is 70.7 Å². The van der Waals surface area contributed by atoms with Gasteiger partial charge in [0.15, 0.2) is 0 Å². The first-order valence-corrected chi connectivity index (χ1v) is 14.4. The van der Waals surface area contributed by atoms with Gasteiger partial charge in [0.1, 0.15) is 12.6 Å². The average Bonchev–Trinajstić information content (AvgIpc) is 2.86. The molecule has 202 valence electrons. The number of hydrogen-bond donors (Lipinski definition) is 1. The van der Waals surface area contributed by atoms with Gasteiger partial charge in [0, 0.05) is 38.7 Å². The Hall–Kier alpha value is -2.49. The van der Waals surface area contributed by atoms with Crippen LogP contribution in [0.2, 0.25) is 20.1 Å². The lowest BCUT2D eigenvalue weighted by Crippen LogP contribution is -2.51. The summed E-state index contributed by atoms with van der Waals surface area (Å²) < 4.78 is 28.4. The molecule has 38 heavy (non-hydrogen) atoms. The summed E-state index contributed by atoms with van der Waals surface area (Å²) >= 11 is 25.1. The molecule has 3 aromatic carbocycles. The summed E-state index contributed by atoms with van der Waals surface area (Å²) in [4.78, 5) is 27.8. The number of carbonyl (C=O) groups excluding carboxylic acids is 2. The van der Waals surface area contributed by atoms with Gasteiger partial charge in [-0.2, -0.15) is 0 Å². The molecule has 0 spiro atoms. The van der Waals surface area contributed by atoms with E-state index >= 15 is 0 Å². The van der Waals surface area contributed by atoms with Crippen molar-refractivity contribution in [2.45, 2.75) is 31.3 Å². The van der Waals surface area contributed by atoms with Crippen LogP contribution >= 0.6 is 46.4 Å². The van der Waals surface area contributed by atoms with Crippen LogP contribution in [0.1, 0.15) is 19.4 Å². The van der Waals surface area contributed by atoms with E-state index < -0.39 is 34.4 Å². The third-order valence-electron chi connectivity index (χ3n) is 5.65. The van der Waals surface area contributed by atoms with Gasteiger partial charge in [-0.15, -0.1) is 0 Å². The first-order valence-electron chi connectivity index (χ1n) is 11.5. The Labute approximate surface area is 242 Å². The third kappa shape index (κ3) is 7.12. The van der Waals surface area contributed by atoms with Crippen LogP contribution in [0.3, 0.4) is 0 Å². The Bertz CT molecular complexity index is 1380. The van der Waals surface area contributed by atoms with Crippen LogP contribution in [-0.4, -0.2) is 44.3 Å². The summed E-state index contributed by atoms with van der Waals surface area (Å²) in [5.41, 5.74) is 0.504. The molecule has 0 aliphatic rings. The second kappa shape index (κ2) is 13.0. The fraction of sp³-hybridized carbons (Fsp3) is 0.231. The van der Waals surface area contributed by atoms with E-state index in [4.69, 9.17) is 46.4 Å². The van der Waals surface area contributed by atoms with Gasteiger partial charge in [-0.05, 0) is 56.3 Å².